The van der Waals surface area contributed by atoms with Crippen LogP contribution in [0.1, 0.15) is 18.4 Å². The standard InChI is InChI=1S/C17H14ClNO3/c18-12-3-1-11(2-4-12)17(7-8-17)16(20)19-13-5-6-14-15(9-13)22-10-21-14/h1-6,9H,7-8,10H2,(H,19,20). The minimum absolute atomic E-state index is 0.00804. The highest BCUT2D eigenvalue weighted by molar-refractivity contribution is 6.30. The van der Waals surface area contributed by atoms with Gasteiger partial charge in [0.15, 0.2) is 11.5 Å². The average molecular weight is 316 g/mol. The van der Waals surface area contributed by atoms with Crippen molar-refractivity contribution in [3.8, 4) is 11.5 Å². The first-order valence-electron chi connectivity index (χ1n) is 7.15. The maximum absolute atomic E-state index is 12.7. The zero-order valence-corrected chi connectivity index (χ0v) is 12.5. The predicted octanol–water partition coefficient (Wildman–Crippen LogP) is 3.74. The lowest BCUT2D eigenvalue weighted by Crippen LogP contribution is -2.27. The van der Waals surface area contributed by atoms with Crippen LogP contribution >= 0.6 is 11.6 Å². The number of hydrogen-bond acceptors (Lipinski definition) is 3. The van der Waals surface area contributed by atoms with Gasteiger partial charge in [-0.3, -0.25) is 4.79 Å². The van der Waals surface area contributed by atoms with Gasteiger partial charge in [-0.1, -0.05) is 23.7 Å². The van der Waals surface area contributed by atoms with Crippen molar-refractivity contribution in [2.24, 2.45) is 0 Å². The monoisotopic (exact) mass is 315 g/mol. The third-order valence-corrected chi connectivity index (χ3v) is 4.46. The Bertz CT molecular complexity index is 738. The first-order chi connectivity index (χ1) is 10.7. The number of rotatable bonds is 3. The summed E-state index contributed by atoms with van der Waals surface area (Å²) in [5.74, 6) is 1.37. The van der Waals surface area contributed by atoms with E-state index in [1.807, 2.05) is 30.3 Å². The van der Waals surface area contributed by atoms with Crippen LogP contribution in [0.5, 0.6) is 11.5 Å². The summed E-state index contributed by atoms with van der Waals surface area (Å²) in [6, 6.07) is 12.9. The number of ether oxygens (including phenoxy) is 2. The van der Waals surface area contributed by atoms with Gasteiger partial charge in [-0.15, -0.1) is 0 Å². The summed E-state index contributed by atoms with van der Waals surface area (Å²) < 4.78 is 10.6. The van der Waals surface area contributed by atoms with E-state index < -0.39 is 5.41 Å². The molecule has 0 unspecified atom stereocenters. The van der Waals surface area contributed by atoms with Crippen LogP contribution in [0, 0.1) is 0 Å². The Morgan fingerprint density at radius 3 is 2.50 bits per heavy atom. The lowest BCUT2D eigenvalue weighted by Gasteiger charge is -2.16. The van der Waals surface area contributed by atoms with E-state index in [1.165, 1.54) is 0 Å². The van der Waals surface area contributed by atoms with Crippen LogP contribution in [0.15, 0.2) is 42.5 Å². The number of fused-ring (bicyclic) bond motifs is 1. The molecule has 4 nitrogen and oxygen atoms in total. The van der Waals surface area contributed by atoms with Crippen molar-refractivity contribution >= 4 is 23.2 Å². The van der Waals surface area contributed by atoms with E-state index >= 15 is 0 Å². The van der Waals surface area contributed by atoms with Crippen LogP contribution in [0.3, 0.4) is 0 Å². The second-order valence-corrected chi connectivity index (χ2v) is 6.05. The Kier molecular flexibility index (Phi) is 3.01. The SMILES string of the molecule is O=C(Nc1ccc2c(c1)OCO2)C1(c2ccc(Cl)cc2)CC1. The van der Waals surface area contributed by atoms with Crippen molar-refractivity contribution in [2.45, 2.75) is 18.3 Å². The van der Waals surface area contributed by atoms with Gasteiger partial charge in [0.05, 0.1) is 5.41 Å². The van der Waals surface area contributed by atoms with Gasteiger partial charge in [0.2, 0.25) is 12.7 Å². The molecular weight excluding hydrogens is 302 g/mol. The van der Waals surface area contributed by atoms with Crippen LogP contribution in [-0.4, -0.2) is 12.7 Å². The molecule has 0 aromatic heterocycles. The Hall–Kier alpha value is -2.20. The van der Waals surface area contributed by atoms with Gasteiger partial charge in [0, 0.05) is 16.8 Å². The fourth-order valence-corrected chi connectivity index (χ4v) is 2.89. The summed E-state index contributed by atoms with van der Waals surface area (Å²) in [4.78, 5) is 12.7. The normalized spacial score (nSPS) is 17.1. The lowest BCUT2D eigenvalue weighted by atomic mass is 9.95. The second kappa shape index (κ2) is 4.92. The van der Waals surface area contributed by atoms with Crippen molar-refractivity contribution in [1.82, 2.24) is 0 Å². The fraction of sp³-hybridized carbons (Fsp3) is 0.235. The van der Waals surface area contributed by atoms with Crippen LogP contribution in [0.25, 0.3) is 0 Å². The molecule has 2 aromatic carbocycles. The van der Waals surface area contributed by atoms with E-state index in [4.69, 9.17) is 21.1 Å². The molecule has 112 valence electrons. The van der Waals surface area contributed by atoms with Crippen LogP contribution in [0.2, 0.25) is 5.02 Å². The molecule has 0 bridgehead atoms. The molecule has 1 aliphatic heterocycles. The molecule has 4 rings (SSSR count). The van der Waals surface area contributed by atoms with Crippen molar-refractivity contribution in [3.05, 3.63) is 53.1 Å². The van der Waals surface area contributed by atoms with Gasteiger partial charge in [0.1, 0.15) is 0 Å². The van der Waals surface area contributed by atoms with Gasteiger partial charge in [-0.05, 0) is 42.7 Å². The number of benzene rings is 2. The van der Waals surface area contributed by atoms with E-state index in [2.05, 4.69) is 5.32 Å². The molecule has 1 saturated carbocycles. The number of halogens is 1. The minimum Gasteiger partial charge on any atom is -0.454 e. The predicted molar refractivity (Wildman–Crippen MR) is 83.6 cm³/mol. The number of nitrogens with one attached hydrogen (secondary N) is 1. The summed E-state index contributed by atoms with van der Waals surface area (Å²) in [6.07, 6.45) is 1.70. The third kappa shape index (κ3) is 2.20. The van der Waals surface area contributed by atoms with E-state index in [0.29, 0.717) is 16.5 Å². The summed E-state index contributed by atoms with van der Waals surface area (Å²) in [6.45, 7) is 0.224. The van der Waals surface area contributed by atoms with E-state index in [-0.39, 0.29) is 12.7 Å². The first kappa shape index (κ1) is 13.5. The maximum atomic E-state index is 12.7. The zero-order valence-electron chi connectivity index (χ0n) is 11.8. The molecule has 0 saturated heterocycles. The Morgan fingerprint density at radius 2 is 1.77 bits per heavy atom. The maximum Gasteiger partial charge on any atom is 0.235 e. The summed E-state index contributed by atoms with van der Waals surface area (Å²) in [5, 5.41) is 3.66. The Balaban J connectivity index is 1.56. The van der Waals surface area contributed by atoms with Gasteiger partial charge in [-0.25, -0.2) is 0 Å². The lowest BCUT2D eigenvalue weighted by molar-refractivity contribution is -0.118. The molecule has 1 amide bonds. The van der Waals surface area contributed by atoms with Crippen molar-refractivity contribution in [1.29, 1.82) is 0 Å². The zero-order chi connectivity index (χ0) is 15.2. The van der Waals surface area contributed by atoms with Crippen molar-refractivity contribution < 1.29 is 14.3 Å². The van der Waals surface area contributed by atoms with Gasteiger partial charge >= 0.3 is 0 Å². The highest BCUT2D eigenvalue weighted by atomic mass is 35.5. The molecule has 1 aliphatic carbocycles. The quantitative estimate of drug-likeness (QED) is 0.938. The molecule has 1 N–H and O–H groups in total. The number of anilines is 1. The molecule has 0 spiro atoms. The number of carbonyl (C=O) groups excluding carboxylic acids is 1. The number of carbonyl (C=O) groups is 1. The first-order valence-corrected chi connectivity index (χ1v) is 7.52. The molecule has 0 atom stereocenters. The van der Waals surface area contributed by atoms with E-state index in [1.54, 1.807) is 12.1 Å². The largest absolute Gasteiger partial charge is 0.454 e. The molecule has 22 heavy (non-hydrogen) atoms. The molecule has 1 heterocycles. The molecule has 5 heteroatoms. The van der Waals surface area contributed by atoms with Gasteiger partial charge in [-0.2, -0.15) is 0 Å². The third-order valence-electron chi connectivity index (χ3n) is 4.21. The van der Waals surface area contributed by atoms with Gasteiger partial charge in [0.25, 0.3) is 0 Å². The summed E-state index contributed by atoms with van der Waals surface area (Å²) in [7, 11) is 0. The van der Waals surface area contributed by atoms with Crippen LogP contribution in [-0.2, 0) is 10.2 Å². The number of amides is 1. The molecule has 1 fully saturated rings. The van der Waals surface area contributed by atoms with Gasteiger partial charge < -0.3 is 14.8 Å². The van der Waals surface area contributed by atoms with Crippen LogP contribution in [0.4, 0.5) is 5.69 Å². The number of hydrogen-bond donors (Lipinski definition) is 1. The molecular formula is C17H14ClNO3. The summed E-state index contributed by atoms with van der Waals surface area (Å²) in [5.41, 5.74) is 1.30. The van der Waals surface area contributed by atoms with Crippen molar-refractivity contribution in [2.75, 3.05) is 12.1 Å². The average Bonchev–Trinajstić information content (AvgIpc) is 3.20. The summed E-state index contributed by atoms with van der Waals surface area (Å²) >= 11 is 5.92. The Morgan fingerprint density at radius 1 is 1.05 bits per heavy atom. The van der Waals surface area contributed by atoms with Crippen molar-refractivity contribution in [3.63, 3.8) is 0 Å². The topological polar surface area (TPSA) is 47.6 Å². The molecule has 2 aliphatic rings. The van der Waals surface area contributed by atoms with E-state index in [0.717, 1.165) is 24.1 Å². The molecule has 0 radical (unpaired) electrons. The van der Waals surface area contributed by atoms with E-state index in [9.17, 15) is 4.79 Å². The highest BCUT2D eigenvalue weighted by Gasteiger charge is 2.51. The minimum atomic E-state index is -0.430. The highest BCUT2D eigenvalue weighted by Crippen LogP contribution is 2.49. The smallest absolute Gasteiger partial charge is 0.235 e. The molecule has 2 aromatic rings. The fourth-order valence-electron chi connectivity index (χ4n) is 2.77. The Labute approximate surface area is 133 Å². The van der Waals surface area contributed by atoms with Crippen LogP contribution < -0.4 is 14.8 Å². The second-order valence-electron chi connectivity index (χ2n) is 5.61.